The molecule has 4 nitrogen and oxygen atoms in total. The molecule has 2 aromatic carbocycles. The van der Waals surface area contributed by atoms with Crippen LogP contribution in [-0.4, -0.2) is 36.4 Å². The summed E-state index contributed by atoms with van der Waals surface area (Å²) in [4.78, 5) is 2.32. The van der Waals surface area contributed by atoms with Gasteiger partial charge in [-0.05, 0) is 44.2 Å². The fourth-order valence-corrected chi connectivity index (χ4v) is 3.52. The lowest BCUT2D eigenvalue weighted by molar-refractivity contribution is 0.441. The molecule has 0 spiro atoms. The van der Waals surface area contributed by atoms with E-state index in [9.17, 15) is 4.39 Å². The van der Waals surface area contributed by atoms with Gasteiger partial charge in [-0.15, -0.1) is 10.2 Å². The van der Waals surface area contributed by atoms with E-state index in [2.05, 4.69) is 32.5 Å². The molecule has 0 bridgehead atoms. The van der Waals surface area contributed by atoms with Crippen molar-refractivity contribution in [2.24, 2.45) is 0 Å². The van der Waals surface area contributed by atoms with E-state index in [1.54, 1.807) is 12.1 Å². The summed E-state index contributed by atoms with van der Waals surface area (Å²) in [6, 6.07) is 15.2. The highest BCUT2D eigenvalue weighted by atomic mass is 19.1. The Balaban J connectivity index is 1.76. The Morgan fingerprint density at radius 2 is 1.64 bits per heavy atom. The van der Waals surface area contributed by atoms with Gasteiger partial charge in [0.25, 0.3) is 0 Å². The van der Waals surface area contributed by atoms with E-state index in [0.29, 0.717) is 6.04 Å². The van der Waals surface area contributed by atoms with Crippen molar-refractivity contribution in [2.75, 3.05) is 25.0 Å². The summed E-state index contributed by atoms with van der Waals surface area (Å²) in [5.41, 5.74) is 1.68. The van der Waals surface area contributed by atoms with Crippen LogP contribution < -0.4 is 10.2 Å². The first-order valence-electron chi connectivity index (χ1n) is 8.70. The van der Waals surface area contributed by atoms with Gasteiger partial charge >= 0.3 is 0 Å². The number of anilines is 1. The molecule has 128 valence electrons. The molecule has 4 rings (SSSR count). The lowest BCUT2D eigenvalue weighted by Crippen LogP contribution is -2.41. The van der Waals surface area contributed by atoms with Gasteiger partial charge in [-0.2, -0.15) is 0 Å². The average Bonchev–Trinajstić information content (AvgIpc) is 2.68. The fraction of sp³-hybridized carbons (Fsp3) is 0.300. The number of rotatable bonds is 3. The molecule has 1 aliphatic heterocycles. The van der Waals surface area contributed by atoms with Gasteiger partial charge in [0.2, 0.25) is 0 Å². The summed E-state index contributed by atoms with van der Waals surface area (Å²) in [6.45, 7) is 1.94. The Labute approximate surface area is 146 Å². The van der Waals surface area contributed by atoms with E-state index in [1.165, 1.54) is 12.1 Å². The number of halogens is 1. The van der Waals surface area contributed by atoms with Crippen LogP contribution in [0.15, 0.2) is 48.5 Å². The highest BCUT2D eigenvalue weighted by Gasteiger charge is 2.21. The number of fused-ring (bicyclic) bond motifs is 1. The topological polar surface area (TPSA) is 41.0 Å². The van der Waals surface area contributed by atoms with Crippen molar-refractivity contribution in [3.05, 3.63) is 54.3 Å². The summed E-state index contributed by atoms with van der Waals surface area (Å²) >= 11 is 0. The van der Waals surface area contributed by atoms with Crippen LogP contribution in [0.3, 0.4) is 0 Å². The maximum Gasteiger partial charge on any atom is 0.159 e. The zero-order chi connectivity index (χ0) is 17.2. The molecule has 3 aromatic rings. The second kappa shape index (κ2) is 6.76. The zero-order valence-electron chi connectivity index (χ0n) is 14.2. The number of benzene rings is 2. The third-order valence-electron chi connectivity index (χ3n) is 4.99. The van der Waals surface area contributed by atoms with Crippen molar-refractivity contribution in [3.63, 3.8) is 0 Å². The first-order valence-corrected chi connectivity index (χ1v) is 8.70. The molecule has 1 saturated heterocycles. The number of hydrogen-bond donors (Lipinski definition) is 1. The van der Waals surface area contributed by atoms with Gasteiger partial charge in [0, 0.05) is 35.5 Å². The van der Waals surface area contributed by atoms with E-state index in [0.717, 1.165) is 53.8 Å². The van der Waals surface area contributed by atoms with Gasteiger partial charge in [-0.25, -0.2) is 4.39 Å². The van der Waals surface area contributed by atoms with Crippen molar-refractivity contribution >= 4 is 16.6 Å². The molecular weight excluding hydrogens is 315 g/mol. The summed E-state index contributed by atoms with van der Waals surface area (Å²) in [5.74, 6) is 0.695. The molecule has 1 aromatic heterocycles. The highest BCUT2D eigenvalue weighted by molar-refractivity contribution is 6.00. The molecule has 0 unspecified atom stereocenters. The smallest absolute Gasteiger partial charge is 0.159 e. The molecule has 5 heteroatoms. The van der Waals surface area contributed by atoms with Crippen molar-refractivity contribution in [3.8, 4) is 11.3 Å². The molecule has 0 aliphatic carbocycles. The quantitative estimate of drug-likeness (QED) is 0.793. The van der Waals surface area contributed by atoms with E-state index in [4.69, 9.17) is 0 Å². The van der Waals surface area contributed by atoms with Crippen LogP contribution in [0.5, 0.6) is 0 Å². The summed E-state index contributed by atoms with van der Waals surface area (Å²) < 4.78 is 13.2. The van der Waals surface area contributed by atoms with Crippen LogP contribution in [0.25, 0.3) is 22.0 Å². The van der Waals surface area contributed by atoms with Gasteiger partial charge in [-0.3, -0.25) is 0 Å². The van der Waals surface area contributed by atoms with E-state index in [1.807, 2.05) is 19.2 Å². The van der Waals surface area contributed by atoms with Crippen LogP contribution in [0.2, 0.25) is 0 Å². The van der Waals surface area contributed by atoms with Gasteiger partial charge in [0.15, 0.2) is 5.82 Å². The molecule has 1 fully saturated rings. The predicted molar refractivity (Wildman–Crippen MR) is 99.2 cm³/mol. The Morgan fingerprint density at radius 3 is 2.32 bits per heavy atom. The maximum absolute atomic E-state index is 13.2. The average molecular weight is 336 g/mol. The first kappa shape index (κ1) is 16.0. The number of nitrogens with one attached hydrogen (secondary N) is 1. The molecule has 1 aliphatic rings. The van der Waals surface area contributed by atoms with Gasteiger partial charge in [0.1, 0.15) is 11.5 Å². The van der Waals surface area contributed by atoms with Gasteiger partial charge < -0.3 is 10.2 Å². The maximum atomic E-state index is 13.2. The predicted octanol–water partition coefficient (Wildman–Crippen LogP) is 3.62. The van der Waals surface area contributed by atoms with Crippen LogP contribution in [0.4, 0.5) is 10.2 Å². The lowest BCUT2D eigenvalue weighted by atomic mass is 10.0. The van der Waals surface area contributed by atoms with Crippen molar-refractivity contribution in [1.82, 2.24) is 15.5 Å². The van der Waals surface area contributed by atoms with Crippen molar-refractivity contribution in [1.29, 1.82) is 0 Å². The van der Waals surface area contributed by atoms with Crippen LogP contribution in [-0.2, 0) is 0 Å². The summed E-state index contributed by atoms with van der Waals surface area (Å²) in [7, 11) is 2.02. The van der Waals surface area contributed by atoms with E-state index < -0.39 is 0 Å². The van der Waals surface area contributed by atoms with Gasteiger partial charge in [-0.1, -0.05) is 24.3 Å². The van der Waals surface area contributed by atoms with E-state index in [-0.39, 0.29) is 5.82 Å². The molecule has 25 heavy (non-hydrogen) atoms. The molecule has 0 radical (unpaired) electrons. The molecule has 0 amide bonds. The Morgan fingerprint density at radius 1 is 0.960 bits per heavy atom. The number of aromatic nitrogens is 2. The number of piperidine rings is 1. The van der Waals surface area contributed by atoms with Crippen LogP contribution in [0, 0.1) is 5.82 Å². The highest BCUT2D eigenvalue weighted by Crippen LogP contribution is 2.32. The Bertz CT molecular complexity index is 871. The minimum absolute atomic E-state index is 0.245. The molecular formula is C20H21FN4. The SMILES string of the molecule is CNC1CCN(c2nnc(-c3ccc(F)cc3)c3ccccc23)CC1. The van der Waals surface area contributed by atoms with Gasteiger partial charge in [0.05, 0.1) is 0 Å². The van der Waals surface area contributed by atoms with Crippen molar-refractivity contribution < 1.29 is 4.39 Å². The largest absolute Gasteiger partial charge is 0.354 e. The van der Waals surface area contributed by atoms with Crippen LogP contribution >= 0.6 is 0 Å². The second-order valence-corrected chi connectivity index (χ2v) is 6.47. The molecule has 2 heterocycles. The minimum Gasteiger partial charge on any atom is -0.354 e. The zero-order valence-corrected chi connectivity index (χ0v) is 14.2. The summed E-state index contributed by atoms with van der Waals surface area (Å²) in [5, 5.41) is 14.5. The molecule has 0 atom stereocenters. The minimum atomic E-state index is -0.245. The Hall–Kier alpha value is -2.53. The number of nitrogens with zero attached hydrogens (tertiary/aromatic N) is 3. The Kier molecular flexibility index (Phi) is 4.32. The second-order valence-electron chi connectivity index (χ2n) is 6.47. The lowest BCUT2D eigenvalue weighted by Gasteiger charge is -2.33. The third-order valence-corrected chi connectivity index (χ3v) is 4.99. The molecule has 1 N–H and O–H groups in total. The monoisotopic (exact) mass is 336 g/mol. The van der Waals surface area contributed by atoms with Crippen molar-refractivity contribution in [2.45, 2.75) is 18.9 Å². The fourth-order valence-electron chi connectivity index (χ4n) is 3.52. The normalized spacial score (nSPS) is 15.7. The summed E-state index contributed by atoms with van der Waals surface area (Å²) in [6.07, 6.45) is 2.21. The molecule has 0 saturated carbocycles. The van der Waals surface area contributed by atoms with E-state index >= 15 is 0 Å². The number of hydrogen-bond acceptors (Lipinski definition) is 4. The third kappa shape index (κ3) is 3.07. The van der Waals surface area contributed by atoms with Crippen LogP contribution in [0.1, 0.15) is 12.8 Å². The standard InChI is InChI=1S/C20H21FN4/c1-22-16-10-12-25(13-11-16)20-18-5-3-2-4-17(18)19(23-24-20)14-6-8-15(21)9-7-14/h2-9,16,22H,10-13H2,1H3. The first-order chi connectivity index (χ1) is 12.3.